The van der Waals surface area contributed by atoms with Crippen LogP contribution in [-0.4, -0.2) is 67.2 Å². The Morgan fingerprint density at radius 3 is 2.66 bits per heavy atom. The molecule has 8 heteroatoms. The van der Waals surface area contributed by atoms with Crippen molar-refractivity contribution < 1.29 is 19.1 Å². The lowest BCUT2D eigenvalue weighted by Gasteiger charge is -2.28. The van der Waals surface area contributed by atoms with E-state index in [-0.39, 0.29) is 17.9 Å². The van der Waals surface area contributed by atoms with Gasteiger partial charge in [-0.1, -0.05) is 37.3 Å². The van der Waals surface area contributed by atoms with Gasteiger partial charge in [0, 0.05) is 38.1 Å². The SMILES string of the molecule is CCC(CN1CCC(CNC=O)NC(CCNC(=O)OC(C)(C)C)C1=O)c1ccccc1. The summed E-state index contributed by atoms with van der Waals surface area (Å²) < 4.78 is 5.28. The summed E-state index contributed by atoms with van der Waals surface area (Å²) >= 11 is 0. The second kappa shape index (κ2) is 12.4. The Bertz CT molecular complexity index is 735. The van der Waals surface area contributed by atoms with E-state index in [4.69, 9.17) is 4.74 Å². The van der Waals surface area contributed by atoms with Gasteiger partial charge < -0.3 is 25.6 Å². The van der Waals surface area contributed by atoms with Crippen molar-refractivity contribution in [1.82, 2.24) is 20.9 Å². The zero-order chi connectivity index (χ0) is 23.6. The van der Waals surface area contributed by atoms with Gasteiger partial charge in [0.2, 0.25) is 12.3 Å². The van der Waals surface area contributed by atoms with Gasteiger partial charge in [-0.15, -0.1) is 0 Å². The minimum absolute atomic E-state index is 0.0162. The van der Waals surface area contributed by atoms with E-state index in [1.165, 1.54) is 5.56 Å². The van der Waals surface area contributed by atoms with Crippen LogP contribution in [0, 0.1) is 0 Å². The molecule has 0 spiro atoms. The average Bonchev–Trinajstić information content (AvgIpc) is 2.89. The van der Waals surface area contributed by atoms with Crippen LogP contribution in [0.5, 0.6) is 0 Å². The summed E-state index contributed by atoms with van der Waals surface area (Å²) in [6, 6.07) is 9.79. The van der Waals surface area contributed by atoms with Gasteiger partial charge in [0.1, 0.15) is 5.60 Å². The van der Waals surface area contributed by atoms with Gasteiger partial charge in [-0.2, -0.15) is 0 Å². The molecule has 178 valence electrons. The first-order valence-corrected chi connectivity index (χ1v) is 11.5. The number of ether oxygens (including phenoxy) is 1. The zero-order valence-electron chi connectivity index (χ0n) is 19.7. The normalized spacial score (nSPS) is 20.2. The lowest BCUT2D eigenvalue weighted by Crippen LogP contribution is -2.50. The van der Waals surface area contributed by atoms with Crippen LogP contribution in [0.2, 0.25) is 0 Å². The van der Waals surface area contributed by atoms with Gasteiger partial charge in [0.25, 0.3) is 0 Å². The molecular formula is C24H38N4O4. The van der Waals surface area contributed by atoms with Gasteiger partial charge in [0.15, 0.2) is 0 Å². The summed E-state index contributed by atoms with van der Waals surface area (Å²) in [6.45, 7) is 9.60. The molecule has 32 heavy (non-hydrogen) atoms. The highest BCUT2D eigenvalue weighted by molar-refractivity contribution is 5.82. The standard InChI is InChI=1S/C24H38N4O4/c1-5-18(19-9-7-6-8-10-19)16-28-14-12-20(15-25-17-29)27-21(22(28)30)11-13-26-23(31)32-24(2,3)4/h6-10,17-18,20-21,27H,5,11-16H2,1-4H3,(H,25,29)(H,26,31). The minimum atomic E-state index is -0.574. The van der Waals surface area contributed by atoms with E-state index in [0.29, 0.717) is 39.0 Å². The highest BCUT2D eigenvalue weighted by Crippen LogP contribution is 2.22. The van der Waals surface area contributed by atoms with Crippen molar-refractivity contribution >= 4 is 18.4 Å². The van der Waals surface area contributed by atoms with Crippen molar-refractivity contribution in [2.24, 2.45) is 0 Å². The summed E-state index contributed by atoms with van der Waals surface area (Å²) in [7, 11) is 0. The van der Waals surface area contributed by atoms with Crippen LogP contribution >= 0.6 is 0 Å². The van der Waals surface area contributed by atoms with E-state index in [9.17, 15) is 14.4 Å². The number of carbonyl (C=O) groups is 3. The molecule has 8 nitrogen and oxygen atoms in total. The van der Waals surface area contributed by atoms with E-state index < -0.39 is 17.7 Å². The van der Waals surface area contributed by atoms with Gasteiger partial charge in [-0.05, 0) is 45.6 Å². The number of amides is 3. The maximum Gasteiger partial charge on any atom is 0.407 e. The third-order valence-corrected chi connectivity index (χ3v) is 5.55. The molecule has 0 aromatic heterocycles. The smallest absolute Gasteiger partial charge is 0.407 e. The Morgan fingerprint density at radius 1 is 1.31 bits per heavy atom. The van der Waals surface area contributed by atoms with Crippen LogP contribution < -0.4 is 16.0 Å². The zero-order valence-corrected chi connectivity index (χ0v) is 19.7. The van der Waals surface area contributed by atoms with E-state index in [1.54, 1.807) is 0 Å². The van der Waals surface area contributed by atoms with Crippen LogP contribution in [-0.2, 0) is 14.3 Å². The number of benzene rings is 1. The predicted molar refractivity (Wildman–Crippen MR) is 124 cm³/mol. The van der Waals surface area contributed by atoms with Gasteiger partial charge >= 0.3 is 6.09 Å². The Labute approximate surface area is 191 Å². The summed E-state index contributed by atoms with van der Waals surface area (Å²) in [5.41, 5.74) is 0.650. The molecule has 0 saturated carbocycles. The molecule has 2 rings (SSSR count). The number of nitrogens with zero attached hydrogens (tertiary/aromatic N) is 1. The molecular weight excluding hydrogens is 408 g/mol. The fourth-order valence-corrected chi connectivity index (χ4v) is 3.92. The van der Waals surface area contributed by atoms with Crippen LogP contribution in [0.25, 0.3) is 0 Å². The summed E-state index contributed by atoms with van der Waals surface area (Å²) in [4.78, 5) is 38.0. The van der Waals surface area contributed by atoms with Gasteiger partial charge in [-0.25, -0.2) is 4.79 Å². The molecule has 3 unspecified atom stereocenters. The Balaban J connectivity index is 2.05. The number of rotatable bonds is 10. The van der Waals surface area contributed by atoms with Crippen LogP contribution in [0.15, 0.2) is 30.3 Å². The van der Waals surface area contributed by atoms with Crippen molar-refractivity contribution in [3.63, 3.8) is 0 Å². The van der Waals surface area contributed by atoms with Crippen molar-refractivity contribution in [1.29, 1.82) is 0 Å². The highest BCUT2D eigenvalue weighted by Gasteiger charge is 2.32. The lowest BCUT2D eigenvalue weighted by molar-refractivity contribution is -0.133. The maximum absolute atomic E-state index is 13.4. The number of alkyl carbamates (subject to hydrolysis) is 1. The molecule has 3 atom stereocenters. The molecule has 1 aliphatic heterocycles. The molecule has 1 aromatic rings. The lowest BCUT2D eigenvalue weighted by atomic mass is 9.95. The van der Waals surface area contributed by atoms with Crippen LogP contribution in [0.3, 0.4) is 0 Å². The highest BCUT2D eigenvalue weighted by atomic mass is 16.6. The molecule has 1 aliphatic rings. The molecule has 0 aliphatic carbocycles. The van der Waals surface area contributed by atoms with E-state index in [2.05, 4.69) is 35.0 Å². The number of hydrogen-bond donors (Lipinski definition) is 3. The second-order valence-corrected chi connectivity index (χ2v) is 9.25. The van der Waals surface area contributed by atoms with Gasteiger partial charge in [0.05, 0.1) is 6.04 Å². The number of hydrogen-bond acceptors (Lipinski definition) is 5. The number of carbonyl (C=O) groups excluding carboxylic acids is 3. The van der Waals surface area contributed by atoms with E-state index in [0.717, 1.165) is 12.8 Å². The molecule has 0 bridgehead atoms. The summed E-state index contributed by atoms with van der Waals surface area (Å²) in [5, 5.41) is 8.82. The van der Waals surface area contributed by atoms with Crippen LogP contribution in [0.4, 0.5) is 4.79 Å². The maximum atomic E-state index is 13.4. The summed E-state index contributed by atoms with van der Waals surface area (Å²) in [5.74, 6) is 0.282. The first-order chi connectivity index (χ1) is 15.2. The Hall–Kier alpha value is -2.61. The molecule has 3 amide bonds. The third-order valence-electron chi connectivity index (χ3n) is 5.55. The fraction of sp³-hybridized carbons (Fsp3) is 0.625. The van der Waals surface area contributed by atoms with Crippen molar-refractivity contribution in [3.05, 3.63) is 35.9 Å². The monoisotopic (exact) mass is 446 g/mol. The molecule has 3 N–H and O–H groups in total. The molecule has 1 aromatic carbocycles. The molecule has 1 heterocycles. The first kappa shape index (κ1) is 25.6. The second-order valence-electron chi connectivity index (χ2n) is 9.25. The largest absolute Gasteiger partial charge is 0.444 e. The topological polar surface area (TPSA) is 99.8 Å². The summed E-state index contributed by atoms with van der Waals surface area (Å²) in [6.07, 6.45) is 2.29. The van der Waals surface area contributed by atoms with E-state index in [1.807, 2.05) is 43.9 Å². The fourth-order valence-electron chi connectivity index (χ4n) is 3.92. The van der Waals surface area contributed by atoms with Crippen LogP contribution in [0.1, 0.15) is 58.4 Å². The van der Waals surface area contributed by atoms with Crippen molar-refractivity contribution in [2.45, 2.75) is 70.6 Å². The van der Waals surface area contributed by atoms with Crippen molar-refractivity contribution in [2.75, 3.05) is 26.2 Å². The Kier molecular flexibility index (Phi) is 9.97. The first-order valence-electron chi connectivity index (χ1n) is 11.5. The third kappa shape index (κ3) is 8.49. The van der Waals surface area contributed by atoms with E-state index >= 15 is 0 Å². The quantitative estimate of drug-likeness (QED) is 0.479. The molecule has 1 saturated heterocycles. The van der Waals surface area contributed by atoms with Crippen molar-refractivity contribution in [3.8, 4) is 0 Å². The number of nitrogens with one attached hydrogen (secondary N) is 3. The predicted octanol–water partition coefficient (Wildman–Crippen LogP) is 2.40. The van der Waals surface area contributed by atoms with Gasteiger partial charge in [-0.3, -0.25) is 9.59 Å². The Morgan fingerprint density at radius 2 is 2.03 bits per heavy atom. The molecule has 1 fully saturated rings. The minimum Gasteiger partial charge on any atom is -0.444 e. The molecule has 0 radical (unpaired) electrons. The average molecular weight is 447 g/mol.